The van der Waals surface area contributed by atoms with Crippen LogP contribution in [0.3, 0.4) is 0 Å². The molecule has 0 radical (unpaired) electrons. The highest BCUT2D eigenvalue weighted by atomic mass is 16.6. The summed E-state index contributed by atoms with van der Waals surface area (Å²) in [6, 6.07) is 10.8. The van der Waals surface area contributed by atoms with E-state index < -0.39 is 58.0 Å². The maximum Gasteiger partial charge on any atom is 0.344 e. The first kappa shape index (κ1) is 40.4. The molecule has 1 saturated carbocycles. The summed E-state index contributed by atoms with van der Waals surface area (Å²) in [5.74, 6) is -2.43. The minimum atomic E-state index is -2.28. The molecule has 2 saturated heterocycles. The van der Waals surface area contributed by atoms with Crippen molar-refractivity contribution >= 4 is 34.5 Å². The summed E-state index contributed by atoms with van der Waals surface area (Å²) in [6.07, 6.45) is 6.91. The second-order valence-electron chi connectivity index (χ2n) is 17.2. The molecule has 1 spiro atoms. The Morgan fingerprint density at radius 2 is 1.78 bits per heavy atom. The van der Waals surface area contributed by atoms with Crippen molar-refractivity contribution in [1.82, 2.24) is 14.8 Å². The highest BCUT2D eigenvalue weighted by Crippen LogP contribution is 2.68. The number of aliphatic hydroxyl groups is 2. The van der Waals surface area contributed by atoms with Gasteiger partial charge >= 0.3 is 17.9 Å². The SMILES string of the molecule is CCC1(O)CCCN(CCc2c([C@@H](C(=O)OC)c3cc4c(cc3OC)N(C)[C@H]3[C@@](O)(C(=O)OC)[C@H](OC(C)=O)[C@]5(CC)C=CCN6CC[C@]43[C@@H]65)[nH]c3ccccc23)C1. The highest BCUT2D eigenvalue weighted by molar-refractivity contribution is 5.92. The molecule has 1 aliphatic carbocycles. The van der Waals surface area contributed by atoms with E-state index in [4.69, 9.17) is 18.9 Å². The number of hydrogen-bond acceptors (Lipinski definition) is 12. The van der Waals surface area contributed by atoms with Gasteiger partial charge in [0.05, 0.1) is 33.0 Å². The van der Waals surface area contributed by atoms with Crippen molar-refractivity contribution in [1.29, 1.82) is 0 Å². The van der Waals surface area contributed by atoms with Crippen LogP contribution in [0.25, 0.3) is 10.9 Å². The maximum atomic E-state index is 14.4. The van der Waals surface area contributed by atoms with Crippen molar-refractivity contribution in [3.63, 3.8) is 0 Å². The number of carbonyl (C=O) groups excluding carboxylic acids is 3. The minimum absolute atomic E-state index is 0.286. The molecule has 312 valence electrons. The summed E-state index contributed by atoms with van der Waals surface area (Å²) in [4.78, 5) is 51.8. The van der Waals surface area contributed by atoms with Crippen LogP contribution in [0.5, 0.6) is 5.75 Å². The van der Waals surface area contributed by atoms with Gasteiger partial charge in [-0.2, -0.15) is 0 Å². The average Bonchev–Trinajstić information content (AvgIpc) is 3.87. The number of ether oxygens (including phenoxy) is 4. The number of fused-ring (bicyclic) bond motifs is 2. The summed E-state index contributed by atoms with van der Waals surface area (Å²) in [7, 11) is 6.07. The van der Waals surface area contributed by atoms with E-state index in [1.807, 2.05) is 68.3 Å². The summed E-state index contributed by atoms with van der Waals surface area (Å²) in [5.41, 5.74) is -0.0376. The van der Waals surface area contributed by atoms with Gasteiger partial charge in [-0.15, -0.1) is 0 Å². The first-order valence-electron chi connectivity index (χ1n) is 20.8. The van der Waals surface area contributed by atoms with Crippen LogP contribution in [0.4, 0.5) is 5.69 Å². The summed E-state index contributed by atoms with van der Waals surface area (Å²) >= 11 is 0. The van der Waals surface area contributed by atoms with Crippen LogP contribution in [0, 0.1) is 5.41 Å². The average molecular weight is 799 g/mol. The van der Waals surface area contributed by atoms with E-state index in [1.54, 1.807) is 7.11 Å². The van der Waals surface area contributed by atoms with Gasteiger partial charge in [-0.05, 0) is 74.9 Å². The van der Waals surface area contributed by atoms with Crippen LogP contribution < -0.4 is 9.64 Å². The van der Waals surface area contributed by atoms with Crippen LogP contribution in [0.1, 0.15) is 81.2 Å². The van der Waals surface area contributed by atoms with Crippen LogP contribution in [0.2, 0.25) is 0 Å². The number of aromatic amines is 1. The molecule has 58 heavy (non-hydrogen) atoms. The summed E-state index contributed by atoms with van der Waals surface area (Å²) in [6.45, 7) is 8.84. The second-order valence-corrected chi connectivity index (χ2v) is 17.2. The summed E-state index contributed by atoms with van der Waals surface area (Å²) in [5, 5.41) is 25.4. The lowest BCUT2D eigenvalue weighted by Crippen LogP contribution is -2.81. The molecule has 2 aromatic carbocycles. The molecule has 3 N–H and O–H groups in total. The predicted octanol–water partition coefficient (Wildman–Crippen LogP) is 4.21. The fraction of sp³-hybridized carbons (Fsp3) is 0.578. The third-order valence-electron chi connectivity index (χ3n) is 14.6. The van der Waals surface area contributed by atoms with E-state index in [0.717, 1.165) is 47.1 Å². The molecule has 8 atom stereocenters. The number of methoxy groups -OCH3 is 3. The van der Waals surface area contributed by atoms with Crippen molar-refractivity contribution < 1.29 is 43.5 Å². The van der Waals surface area contributed by atoms with E-state index in [9.17, 15) is 24.6 Å². The van der Waals surface area contributed by atoms with Gasteiger partial charge < -0.3 is 43.9 Å². The Morgan fingerprint density at radius 1 is 1.00 bits per heavy atom. The maximum absolute atomic E-state index is 14.4. The molecular weight excluding hydrogens is 741 g/mol. The Morgan fingerprint density at radius 3 is 2.47 bits per heavy atom. The smallest absolute Gasteiger partial charge is 0.344 e. The Bertz CT molecular complexity index is 2150. The van der Waals surface area contributed by atoms with Gasteiger partial charge in [0.2, 0.25) is 5.60 Å². The number of likely N-dealkylation sites (N-methyl/N-ethyl adjacent to an activating group) is 1. The van der Waals surface area contributed by atoms with Gasteiger partial charge in [0.1, 0.15) is 11.7 Å². The molecule has 3 fully saturated rings. The largest absolute Gasteiger partial charge is 0.496 e. The lowest BCUT2D eigenvalue weighted by Gasteiger charge is -2.63. The number of nitrogens with zero attached hydrogens (tertiary/aromatic N) is 3. The van der Waals surface area contributed by atoms with Gasteiger partial charge in [0, 0.05) is 84.4 Å². The van der Waals surface area contributed by atoms with Crippen LogP contribution in [-0.2, 0) is 40.4 Å². The Balaban J connectivity index is 1.33. The number of likely N-dealkylation sites (tertiary alicyclic amines) is 1. The van der Waals surface area contributed by atoms with E-state index in [-0.39, 0.29) is 6.04 Å². The second kappa shape index (κ2) is 14.7. The molecule has 3 aromatic rings. The Labute approximate surface area is 340 Å². The molecule has 0 amide bonds. The fourth-order valence-electron chi connectivity index (χ4n) is 12.2. The number of nitrogens with one attached hydrogen (secondary N) is 1. The topological polar surface area (TPSA) is 154 Å². The normalized spacial score (nSPS) is 32.0. The number of carbonyl (C=O) groups is 3. The summed E-state index contributed by atoms with van der Waals surface area (Å²) < 4.78 is 23.3. The van der Waals surface area contributed by atoms with E-state index >= 15 is 0 Å². The molecular formula is C45H58N4O9. The number of aromatic nitrogens is 1. The number of rotatable bonds is 11. The third-order valence-corrected chi connectivity index (χ3v) is 14.6. The van der Waals surface area contributed by atoms with E-state index in [0.29, 0.717) is 68.9 Å². The molecule has 13 heteroatoms. The van der Waals surface area contributed by atoms with Gasteiger partial charge in [0.25, 0.3) is 0 Å². The zero-order valence-corrected chi connectivity index (χ0v) is 34.8. The Kier molecular flexibility index (Phi) is 10.2. The quantitative estimate of drug-likeness (QED) is 0.145. The van der Waals surface area contributed by atoms with Crippen molar-refractivity contribution in [2.45, 2.75) is 100 Å². The lowest BCUT2D eigenvalue weighted by molar-refractivity contribution is -0.228. The predicted molar refractivity (Wildman–Crippen MR) is 218 cm³/mol. The van der Waals surface area contributed by atoms with E-state index in [2.05, 4.69) is 20.9 Å². The lowest BCUT2D eigenvalue weighted by atomic mass is 9.47. The van der Waals surface area contributed by atoms with Crippen LogP contribution >= 0.6 is 0 Å². The zero-order chi connectivity index (χ0) is 41.4. The first-order chi connectivity index (χ1) is 27.8. The first-order valence-corrected chi connectivity index (χ1v) is 20.8. The molecule has 4 aliphatic heterocycles. The molecule has 1 unspecified atom stereocenters. The minimum Gasteiger partial charge on any atom is -0.496 e. The van der Waals surface area contributed by atoms with Crippen molar-refractivity contribution in [3.05, 3.63) is 70.9 Å². The standard InChI is InChI=1S/C45H58N4O9/c1-8-42(53)17-12-20-48(26-42)22-16-29-28-14-10-11-15-32(28)46-36(29)35(37(51)56-6)30-24-31-33(25-34(30)55-5)47(4)39-44(31)19-23-49-21-13-18-43(9-2,38(44)49)40(58-27(3)50)45(39,54)41(52)57-7/h10-11,13-15,18,24-25,35,38-40,46,53-54H,8-9,12,16-17,19-23,26H2,1-7H3/t35-,38-,39+,40+,42?,43+,44+,45-/m0/s1. The third kappa shape index (κ3) is 5.67. The molecule has 0 bridgehead atoms. The number of H-pyrrole nitrogens is 1. The Hall–Kier alpha value is -4.43. The highest BCUT2D eigenvalue weighted by Gasteiger charge is 2.80. The number of benzene rings is 2. The zero-order valence-electron chi connectivity index (χ0n) is 34.8. The van der Waals surface area contributed by atoms with Crippen molar-refractivity contribution in [3.8, 4) is 5.75 Å². The molecule has 1 aromatic heterocycles. The van der Waals surface area contributed by atoms with Gasteiger partial charge in [-0.1, -0.05) is 44.2 Å². The number of hydrogen-bond donors (Lipinski definition) is 3. The van der Waals surface area contributed by atoms with E-state index in [1.165, 1.54) is 21.1 Å². The fourth-order valence-corrected chi connectivity index (χ4v) is 12.2. The monoisotopic (exact) mass is 798 g/mol. The van der Waals surface area contributed by atoms with Gasteiger partial charge in [-0.25, -0.2) is 4.79 Å². The molecule has 5 aliphatic rings. The van der Waals surface area contributed by atoms with Gasteiger partial charge in [-0.3, -0.25) is 14.5 Å². The van der Waals surface area contributed by atoms with Gasteiger partial charge in [0.15, 0.2) is 6.10 Å². The van der Waals surface area contributed by atoms with Crippen molar-refractivity contribution in [2.75, 3.05) is 66.0 Å². The molecule has 8 rings (SSSR count). The number of piperidine rings is 1. The molecule has 5 heterocycles. The van der Waals surface area contributed by atoms with Crippen LogP contribution in [0.15, 0.2) is 48.6 Å². The van der Waals surface area contributed by atoms with Crippen LogP contribution in [-0.4, -0.2) is 133 Å². The van der Waals surface area contributed by atoms with Crippen molar-refractivity contribution in [2.24, 2.45) is 5.41 Å². The molecule has 13 nitrogen and oxygen atoms in total. The number of anilines is 1. The number of esters is 3. The number of para-hydroxylation sites is 1. The number of β-amino-alcohol motifs (C(OH)–C–C–N with tert-alkyl or cyclic N) is 1.